The highest BCUT2D eigenvalue weighted by Gasteiger charge is 2.19. The maximum Gasteiger partial charge on any atom is 0.314 e. The number of benzene rings is 2. The first-order chi connectivity index (χ1) is 10.1. The van der Waals surface area contributed by atoms with Crippen molar-refractivity contribution in [2.24, 2.45) is 0 Å². The van der Waals surface area contributed by atoms with E-state index in [0.29, 0.717) is 11.3 Å². The predicted molar refractivity (Wildman–Crippen MR) is 78.2 cm³/mol. The van der Waals surface area contributed by atoms with Gasteiger partial charge in [0, 0.05) is 17.8 Å². The highest BCUT2D eigenvalue weighted by molar-refractivity contribution is 5.55. The molecule has 7 nitrogen and oxygen atoms in total. The molecular weight excluding hydrogens is 274 g/mol. The molecule has 21 heavy (non-hydrogen) atoms. The van der Waals surface area contributed by atoms with Crippen LogP contribution in [-0.2, 0) is 6.54 Å². The van der Waals surface area contributed by atoms with E-state index >= 15 is 0 Å². The number of nitrogens with one attached hydrogen (secondary N) is 2. The topological polar surface area (TPSA) is 96.7 Å². The Balaban J connectivity index is 2.12. The van der Waals surface area contributed by atoms with Crippen LogP contribution in [0.3, 0.4) is 0 Å². The summed E-state index contributed by atoms with van der Waals surface area (Å²) in [7, 11) is 1.41. The van der Waals surface area contributed by atoms with E-state index in [9.17, 15) is 15.2 Å². The summed E-state index contributed by atoms with van der Waals surface area (Å²) in [5, 5.41) is 20.8. The second kappa shape index (κ2) is 6.58. The number of nitro benzene ring substituents is 1. The summed E-state index contributed by atoms with van der Waals surface area (Å²) in [6.07, 6.45) is 0. The highest BCUT2D eigenvalue weighted by atomic mass is 16.6. The minimum absolute atomic E-state index is 0.193. The molecule has 2 aromatic carbocycles. The first kappa shape index (κ1) is 14.6. The maximum atomic E-state index is 10.9. The van der Waals surface area contributed by atoms with Gasteiger partial charge in [-0.1, -0.05) is 18.2 Å². The van der Waals surface area contributed by atoms with Crippen LogP contribution in [0.5, 0.6) is 11.5 Å². The van der Waals surface area contributed by atoms with Gasteiger partial charge in [-0.05, 0) is 18.2 Å². The quantitative estimate of drug-likeness (QED) is 0.558. The fourth-order valence-electron chi connectivity index (χ4n) is 1.80. The van der Waals surface area contributed by atoms with Gasteiger partial charge in [-0.2, -0.15) is 0 Å². The Labute approximate surface area is 121 Å². The number of phenolic OH excluding ortho intramolecular Hbond substituents is 1. The first-order valence-corrected chi connectivity index (χ1v) is 6.20. The van der Waals surface area contributed by atoms with Gasteiger partial charge in [0.15, 0.2) is 5.75 Å². The third-order valence-electron chi connectivity index (χ3n) is 2.86. The van der Waals surface area contributed by atoms with Gasteiger partial charge in [-0.25, -0.2) is 5.43 Å². The number of anilines is 1. The van der Waals surface area contributed by atoms with E-state index in [1.54, 1.807) is 6.07 Å². The molecular formula is C14H15N3O4. The predicted octanol–water partition coefficient (Wildman–Crippen LogP) is 2.43. The lowest BCUT2D eigenvalue weighted by Crippen LogP contribution is -2.21. The van der Waals surface area contributed by atoms with Gasteiger partial charge in [-0.15, -0.1) is 0 Å². The third kappa shape index (κ3) is 3.61. The Kier molecular flexibility index (Phi) is 4.57. The Morgan fingerprint density at radius 1 is 1.29 bits per heavy atom. The van der Waals surface area contributed by atoms with Crippen LogP contribution in [0.1, 0.15) is 5.56 Å². The van der Waals surface area contributed by atoms with Crippen LogP contribution < -0.4 is 15.6 Å². The summed E-state index contributed by atoms with van der Waals surface area (Å²) in [5.74, 6) is -0.0563. The Bertz CT molecular complexity index is 632. The molecule has 0 aliphatic rings. The smallest absolute Gasteiger partial charge is 0.314 e. The van der Waals surface area contributed by atoms with Crippen LogP contribution in [-0.4, -0.2) is 17.1 Å². The van der Waals surface area contributed by atoms with Gasteiger partial charge in [0.25, 0.3) is 0 Å². The molecule has 0 aromatic heterocycles. The highest BCUT2D eigenvalue weighted by Crippen LogP contribution is 2.34. The molecule has 0 unspecified atom stereocenters. The second-order valence-corrected chi connectivity index (χ2v) is 4.26. The minimum atomic E-state index is -0.647. The van der Waals surface area contributed by atoms with Crippen LogP contribution in [0.4, 0.5) is 11.4 Å². The van der Waals surface area contributed by atoms with E-state index in [2.05, 4.69) is 10.9 Å². The van der Waals surface area contributed by atoms with E-state index in [1.165, 1.54) is 13.2 Å². The number of nitrogens with zero attached hydrogens (tertiary/aromatic N) is 1. The van der Waals surface area contributed by atoms with Gasteiger partial charge < -0.3 is 15.3 Å². The number of hydrogen-bond donors (Lipinski definition) is 3. The molecule has 0 bridgehead atoms. The molecule has 0 fully saturated rings. The lowest BCUT2D eigenvalue weighted by molar-refractivity contribution is -0.386. The van der Waals surface area contributed by atoms with Gasteiger partial charge >= 0.3 is 5.69 Å². The molecule has 0 aliphatic carbocycles. The minimum Gasteiger partial charge on any atom is -0.502 e. The number of nitro groups is 1. The molecule has 2 rings (SSSR count). The van der Waals surface area contributed by atoms with E-state index in [0.717, 1.165) is 5.69 Å². The first-order valence-electron chi connectivity index (χ1n) is 6.20. The fraction of sp³-hybridized carbons (Fsp3) is 0.143. The average Bonchev–Trinajstić information content (AvgIpc) is 2.49. The van der Waals surface area contributed by atoms with Crippen molar-refractivity contribution in [3.05, 3.63) is 58.1 Å². The molecule has 0 atom stereocenters. The van der Waals surface area contributed by atoms with Crippen LogP contribution in [0, 0.1) is 10.1 Å². The number of phenols is 1. The molecule has 3 N–H and O–H groups in total. The SMILES string of the molecule is COc1cc(CNNc2ccccc2)c(O)c([N+](=O)[O-])c1. The van der Waals surface area contributed by atoms with Crippen molar-refractivity contribution in [1.29, 1.82) is 0 Å². The van der Waals surface area contributed by atoms with Crippen LogP contribution >= 0.6 is 0 Å². The summed E-state index contributed by atoms with van der Waals surface area (Å²) in [4.78, 5) is 10.2. The van der Waals surface area contributed by atoms with E-state index in [1.807, 2.05) is 30.3 Å². The van der Waals surface area contributed by atoms with E-state index < -0.39 is 4.92 Å². The van der Waals surface area contributed by atoms with Gasteiger partial charge in [-0.3, -0.25) is 10.1 Å². The summed E-state index contributed by atoms with van der Waals surface area (Å²) >= 11 is 0. The van der Waals surface area contributed by atoms with Crippen molar-refractivity contribution in [1.82, 2.24) is 5.43 Å². The zero-order chi connectivity index (χ0) is 15.2. The second-order valence-electron chi connectivity index (χ2n) is 4.26. The van der Waals surface area contributed by atoms with Crippen LogP contribution in [0.25, 0.3) is 0 Å². The lowest BCUT2D eigenvalue weighted by Gasteiger charge is -2.11. The third-order valence-corrected chi connectivity index (χ3v) is 2.86. The van der Waals surface area contributed by atoms with Crippen molar-refractivity contribution >= 4 is 11.4 Å². The van der Waals surface area contributed by atoms with Crippen molar-refractivity contribution in [2.75, 3.05) is 12.5 Å². The largest absolute Gasteiger partial charge is 0.502 e. The van der Waals surface area contributed by atoms with Gasteiger partial charge in [0.2, 0.25) is 0 Å². The fourth-order valence-corrected chi connectivity index (χ4v) is 1.80. The van der Waals surface area contributed by atoms with Crippen molar-refractivity contribution in [3.8, 4) is 11.5 Å². The zero-order valence-corrected chi connectivity index (χ0v) is 11.4. The van der Waals surface area contributed by atoms with Crippen molar-refractivity contribution < 1.29 is 14.8 Å². The molecule has 7 heteroatoms. The maximum absolute atomic E-state index is 10.9. The Hall–Kier alpha value is -2.80. The summed E-state index contributed by atoms with van der Waals surface area (Å²) in [5.41, 5.74) is 6.65. The van der Waals surface area contributed by atoms with Crippen LogP contribution in [0.15, 0.2) is 42.5 Å². The average molecular weight is 289 g/mol. The molecule has 0 radical (unpaired) electrons. The summed E-state index contributed by atoms with van der Waals surface area (Å²) in [6.45, 7) is 0.193. The van der Waals surface area contributed by atoms with Crippen LogP contribution in [0.2, 0.25) is 0 Å². The molecule has 2 aromatic rings. The molecule has 0 heterocycles. The molecule has 0 saturated heterocycles. The molecule has 110 valence electrons. The number of ether oxygens (including phenoxy) is 1. The zero-order valence-electron chi connectivity index (χ0n) is 11.4. The number of rotatable bonds is 6. The van der Waals surface area contributed by atoms with E-state index in [4.69, 9.17) is 4.74 Å². The molecule has 0 spiro atoms. The normalized spacial score (nSPS) is 10.1. The number of para-hydroxylation sites is 1. The molecule has 0 amide bonds. The Morgan fingerprint density at radius 2 is 2.00 bits per heavy atom. The number of hydrogen-bond acceptors (Lipinski definition) is 6. The Morgan fingerprint density at radius 3 is 2.62 bits per heavy atom. The van der Waals surface area contributed by atoms with E-state index in [-0.39, 0.29) is 18.0 Å². The molecule has 0 saturated carbocycles. The monoisotopic (exact) mass is 289 g/mol. The van der Waals surface area contributed by atoms with Gasteiger partial charge in [0.05, 0.1) is 18.1 Å². The van der Waals surface area contributed by atoms with Gasteiger partial charge in [0.1, 0.15) is 5.75 Å². The number of aromatic hydroxyl groups is 1. The van der Waals surface area contributed by atoms with Crippen molar-refractivity contribution in [2.45, 2.75) is 6.54 Å². The standard InChI is InChI=1S/C14H15N3O4/c1-21-12-7-10(14(18)13(8-12)17(19)20)9-15-16-11-5-3-2-4-6-11/h2-8,15-16,18H,9H2,1H3. The summed E-state index contributed by atoms with van der Waals surface area (Å²) < 4.78 is 5.00. The number of methoxy groups -OCH3 is 1. The van der Waals surface area contributed by atoms with Crippen molar-refractivity contribution in [3.63, 3.8) is 0 Å². The molecule has 0 aliphatic heterocycles. The lowest BCUT2D eigenvalue weighted by atomic mass is 10.1. The number of hydrazine groups is 1. The summed E-state index contributed by atoms with van der Waals surface area (Å²) in [6, 6.07) is 12.1.